The Morgan fingerprint density at radius 1 is 1.50 bits per heavy atom. The highest BCUT2D eigenvalue weighted by atomic mass is 79.9. The van der Waals surface area contributed by atoms with Crippen molar-refractivity contribution in [2.75, 3.05) is 20.6 Å². The molecule has 4 heteroatoms. The van der Waals surface area contributed by atoms with Crippen LogP contribution in [0.15, 0.2) is 28.7 Å². The average molecular weight is 311 g/mol. The maximum atomic E-state index is 12.1. The first-order chi connectivity index (χ1) is 8.58. The summed E-state index contributed by atoms with van der Waals surface area (Å²) in [6.45, 7) is 1.86. The monoisotopic (exact) mass is 310 g/mol. The molecule has 1 aromatic rings. The van der Waals surface area contributed by atoms with Crippen LogP contribution in [0.3, 0.4) is 0 Å². The summed E-state index contributed by atoms with van der Waals surface area (Å²) < 4.78 is 1.09. The van der Waals surface area contributed by atoms with Gasteiger partial charge in [0.25, 0.3) is 0 Å². The highest BCUT2D eigenvalue weighted by molar-refractivity contribution is 9.10. The van der Waals surface area contributed by atoms with E-state index in [0.29, 0.717) is 0 Å². The maximum Gasteiger partial charge on any atom is 0.239 e. The van der Waals surface area contributed by atoms with Crippen LogP contribution >= 0.6 is 15.9 Å². The van der Waals surface area contributed by atoms with E-state index >= 15 is 0 Å². The molecule has 0 spiro atoms. The Kier molecular flexibility index (Phi) is 4.40. The summed E-state index contributed by atoms with van der Waals surface area (Å²) in [5, 5.41) is 0. The predicted molar refractivity (Wildman–Crippen MR) is 76.3 cm³/mol. The summed E-state index contributed by atoms with van der Waals surface area (Å²) >= 11 is 3.49. The quantitative estimate of drug-likeness (QED) is 0.856. The predicted octanol–water partition coefficient (Wildman–Crippen LogP) is 2.50. The highest BCUT2D eigenvalue weighted by Gasteiger charge is 2.31. The number of likely N-dealkylation sites (N-methyl/N-ethyl adjacent to an activating group) is 1. The first-order valence-electron chi connectivity index (χ1n) is 6.27. The fourth-order valence-electron chi connectivity index (χ4n) is 2.46. The van der Waals surface area contributed by atoms with Crippen LogP contribution in [-0.4, -0.2) is 42.4 Å². The lowest BCUT2D eigenvalue weighted by Crippen LogP contribution is -2.42. The van der Waals surface area contributed by atoms with Gasteiger partial charge in [-0.3, -0.25) is 9.69 Å². The maximum absolute atomic E-state index is 12.1. The van der Waals surface area contributed by atoms with Crippen molar-refractivity contribution in [1.82, 2.24) is 9.80 Å². The minimum atomic E-state index is 0.0546. The van der Waals surface area contributed by atoms with Crippen LogP contribution in [0.4, 0.5) is 0 Å². The van der Waals surface area contributed by atoms with Crippen LogP contribution in [-0.2, 0) is 11.3 Å². The van der Waals surface area contributed by atoms with Crippen molar-refractivity contribution >= 4 is 21.8 Å². The van der Waals surface area contributed by atoms with Gasteiger partial charge in [0.05, 0.1) is 6.04 Å². The first kappa shape index (κ1) is 13.6. The second kappa shape index (κ2) is 5.85. The lowest BCUT2D eigenvalue weighted by atomic mass is 10.1. The Bertz CT molecular complexity index is 434. The number of likely N-dealkylation sites (tertiary alicyclic amines) is 1. The minimum Gasteiger partial charge on any atom is -0.347 e. The zero-order valence-corrected chi connectivity index (χ0v) is 12.5. The standard InChI is InChI=1S/C14H19BrN2O/c1-16(2)14(18)13-7-4-8-17(13)10-11-5-3-6-12(15)9-11/h3,5-6,9,13H,4,7-8,10H2,1-2H3. The molecule has 98 valence electrons. The molecule has 1 aliphatic rings. The second-order valence-electron chi connectivity index (χ2n) is 4.99. The molecule has 0 aromatic heterocycles. The van der Waals surface area contributed by atoms with E-state index in [4.69, 9.17) is 0 Å². The van der Waals surface area contributed by atoms with E-state index in [2.05, 4.69) is 33.0 Å². The molecule has 1 aliphatic heterocycles. The normalized spacial score (nSPS) is 20.1. The topological polar surface area (TPSA) is 23.6 Å². The third kappa shape index (κ3) is 3.12. The van der Waals surface area contributed by atoms with Gasteiger partial charge in [-0.05, 0) is 37.1 Å². The van der Waals surface area contributed by atoms with Crippen LogP contribution in [0.2, 0.25) is 0 Å². The van der Waals surface area contributed by atoms with Gasteiger partial charge in [0, 0.05) is 25.1 Å². The Morgan fingerprint density at radius 2 is 2.28 bits per heavy atom. The Labute approximate surface area is 117 Å². The van der Waals surface area contributed by atoms with Crippen molar-refractivity contribution in [3.8, 4) is 0 Å². The van der Waals surface area contributed by atoms with Crippen LogP contribution in [0, 0.1) is 0 Å². The number of nitrogens with zero attached hydrogens (tertiary/aromatic N) is 2. The number of carbonyl (C=O) groups is 1. The summed E-state index contributed by atoms with van der Waals surface area (Å²) in [6.07, 6.45) is 2.09. The van der Waals surface area contributed by atoms with E-state index in [1.54, 1.807) is 4.90 Å². The van der Waals surface area contributed by atoms with Gasteiger partial charge < -0.3 is 4.90 Å². The second-order valence-corrected chi connectivity index (χ2v) is 5.91. The van der Waals surface area contributed by atoms with Crippen molar-refractivity contribution < 1.29 is 4.79 Å². The smallest absolute Gasteiger partial charge is 0.239 e. The highest BCUT2D eigenvalue weighted by Crippen LogP contribution is 2.22. The molecular weight excluding hydrogens is 292 g/mol. The molecule has 2 rings (SSSR count). The van der Waals surface area contributed by atoms with Crippen LogP contribution in [0.5, 0.6) is 0 Å². The number of benzene rings is 1. The summed E-state index contributed by atoms with van der Waals surface area (Å²) in [7, 11) is 3.66. The molecule has 18 heavy (non-hydrogen) atoms. The van der Waals surface area contributed by atoms with E-state index < -0.39 is 0 Å². The summed E-state index contributed by atoms with van der Waals surface area (Å²) in [5.41, 5.74) is 1.25. The molecule has 1 saturated heterocycles. The van der Waals surface area contributed by atoms with E-state index in [0.717, 1.165) is 30.4 Å². The fraction of sp³-hybridized carbons (Fsp3) is 0.500. The number of halogens is 1. The van der Waals surface area contributed by atoms with E-state index in [9.17, 15) is 4.79 Å². The average Bonchev–Trinajstić information content (AvgIpc) is 2.76. The van der Waals surface area contributed by atoms with Gasteiger partial charge >= 0.3 is 0 Å². The van der Waals surface area contributed by atoms with Crippen LogP contribution < -0.4 is 0 Å². The molecule has 1 aromatic carbocycles. The summed E-state index contributed by atoms with van der Waals surface area (Å²) in [5.74, 6) is 0.225. The Hall–Kier alpha value is -0.870. The Balaban J connectivity index is 2.06. The minimum absolute atomic E-state index is 0.0546. The molecule has 1 heterocycles. The van der Waals surface area contributed by atoms with Crippen molar-refractivity contribution in [2.45, 2.75) is 25.4 Å². The van der Waals surface area contributed by atoms with Crippen molar-refractivity contribution in [3.63, 3.8) is 0 Å². The summed E-state index contributed by atoms with van der Waals surface area (Å²) in [4.78, 5) is 16.1. The Morgan fingerprint density at radius 3 is 2.94 bits per heavy atom. The third-order valence-corrected chi connectivity index (χ3v) is 3.86. The molecule has 0 saturated carbocycles. The molecule has 0 N–H and O–H groups in total. The first-order valence-corrected chi connectivity index (χ1v) is 7.07. The van der Waals surface area contributed by atoms with Gasteiger partial charge in [-0.15, -0.1) is 0 Å². The van der Waals surface area contributed by atoms with Crippen molar-refractivity contribution in [2.24, 2.45) is 0 Å². The number of hydrogen-bond donors (Lipinski definition) is 0. The lowest BCUT2D eigenvalue weighted by molar-refractivity contribution is -0.133. The molecule has 0 radical (unpaired) electrons. The number of hydrogen-bond acceptors (Lipinski definition) is 2. The zero-order chi connectivity index (χ0) is 13.1. The van der Waals surface area contributed by atoms with E-state index in [1.165, 1.54) is 5.56 Å². The molecule has 1 unspecified atom stereocenters. The van der Waals surface area contributed by atoms with Gasteiger partial charge in [0.2, 0.25) is 5.91 Å². The molecule has 0 bridgehead atoms. The largest absolute Gasteiger partial charge is 0.347 e. The lowest BCUT2D eigenvalue weighted by Gasteiger charge is -2.26. The van der Waals surface area contributed by atoms with Gasteiger partial charge in [-0.25, -0.2) is 0 Å². The van der Waals surface area contributed by atoms with Crippen LogP contribution in [0.1, 0.15) is 18.4 Å². The van der Waals surface area contributed by atoms with E-state index in [1.807, 2.05) is 26.2 Å². The molecule has 0 aliphatic carbocycles. The van der Waals surface area contributed by atoms with Gasteiger partial charge in [0.15, 0.2) is 0 Å². The third-order valence-electron chi connectivity index (χ3n) is 3.36. The number of carbonyl (C=O) groups excluding carboxylic acids is 1. The zero-order valence-electron chi connectivity index (χ0n) is 10.9. The van der Waals surface area contributed by atoms with Gasteiger partial charge in [0.1, 0.15) is 0 Å². The fourth-order valence-corrected chi connectivity index (χ4v) is 2.91. The number of amides is 1. The molecule has 1 fully saturated rings. The van der Waals surface area contributed by atoms with Crippen molar-refractivity contribution in [1.29, 1.82) is 0 Å². The van der Waals surface area contributed by atoms with Gasteiger partial charge in [-0.2, -0.15) is 0 Å². The summed E-state index contributed by atoms with van der Waals surface area (Å²) in [6, 6.07) is 8.35. The molecule has 1 atom stereocenters. The van der Waals surface area contributed by atoms with E-state index in [-0.39, 0.29) is 11.9 Å². The SMILES string of the molecule is CN(C)C(=O)C1CCCN1Cc1cccc(Br)c1. The van der Waals surface area contributed by atoms with Crippen molar-refractivity contribution in [3.05, 3.63) is 34.3 Å². The number of rotatable bonds is 3. The molecular formula is C14H19BrN2O. The molecule has 3 nitrogen and oxygen atoms in total. The van der Waals surface area contributed by atoms with Crippen LogP contribution in [0.25, 0.3) is 0 Å². The van der Waals surface area contributed by atoms with Gasteiger partial charge in [-0.1, -0.05) is 28.1 Å². The molecule has 1 amide bonds.